The number of rotatable bonds is 5. The zero-order chi connectivity index (χ0) is 14.0. The summed E-state index contributed by atoms with van der Waals surface area (Å²) in [5.41, 5.74) is 1.62. The van der Waals surface area contributed by atoms with Crippen LogP contribution in [0.5, 0.6) is 0 Å². The third-order valence-electron chi connectivity index (χ3n) is 4.49. The van der Waals surface area contributed by atoms with E-state index in [1.807, 2.05) is 24.2 Å². The van der Waals surface area contributed by atoms with Gasteiger partial charge in [0.05, 0.1) is 0 Å². The van der Waals surface area contributed by atoms with Crippen molar-refractivity contribution in [2.24, 2.45) is 11.8 Å². The fourth-order valence-electron chi connectivity index (χ4n) is 3.38. The summed E-state index contributed by atoms with van der Waals surface area (Å²) in [6.07, 6.45) is 4.89. The van der Waals surface area contributed by atoms with Gasteiger partial charge >= 0.3 is 0 Å². The van der Waals surface area contributed by atoms with Gasteiger partial charge in [-0.25, -0.2) is 5.01 Å². The molecule has 0 spiro atoms. The number of halogens is 1. The molecule has 1 aliphatic carbocycles. The van der Waals surface area contributed by atoms with Gasteiger partial charge in [0.25, 0.3) is 0 Å². The minimum Gasteiger partial charge on any atom is -0.269 e. The van der Waals surface area contributed by atoms with Gasteiger partial charge in [-0.1, -0.05) is 44.0 Å². The highest BCUT2D eigenvalue weighted by atomic mass is 35.5. The first-order valence-corrected chi connectivity index (χ1v) is 7.57. The van der Waals surface area contributed by atoms with Crippen molar-refractivity contribution in [3.05, 3.63) is 34.9 Å². The van der Waals surface area contributed by atoms with Crippen molar-refractivity contribution in [1.82, 2.24) is 5.01 Å². The van der Waals surface area contributed by atoms with Gasteiger partial charge in [0.15, 0.2) is 0 Å². The second-order valence-corrected chi connectivity index (χ2v) is 6.76. The maximum Gasteiger partial charge on any atom is 0.0406 e. The Morgan fingerprint density at radius 2 is 1.84 bits per heavy atom. The summed E-state index contributed by atoms with van der Waals surface area (Å²) in [6, 6.07) is 8.76. The molecular formula is C16H25ClN2. The maximum atomic E-state index is 6.16. The second kappa shape index (κ2) is 5.82. The van der Waals surface area contributed by atoms with Crippen molar-refractivity contribution in [3.8, 4) is 0 Å². The van der Waals surface area contributed by atoms with Gasteiger partial charge in [-0.05, 0) is 42.9 Å². The molecule has 1 atom stereocenters. The maximum absolute atomic E-state index is 6.16. The molecule has 2 N–H and O–H groups in total. The molecule has 2 rings (SSSR count). The molecule has 0 heterocycles. The molecule has 1 saturated carbocycles. The lowest BCUT2D eigenvalue weighted by Gasteiger charge is -2.51. The minimum absolute atomic E-state index is 0.221. The van der Waals surface area contributed by atoms with E-state index in [0.717, 1.165) is 11.4 Å². The number of hydrazine groups is 1. The first-order chi connectivity index (χ1) is 8.95. The summed E-state index contributed by atoms with van der Waals surface area (Å²) in [7, 11) is 2.00. The van der Waals surface area contributed by atoms with Crippen LogP contribution in [0.25, 0.3) is 0 Å². The predicted molar refractivity (Wildman–Crippen MR) is 82.2 cm³/mol. The first kappa shape index (κ1) is 14.8. The average molecular weight is 281 g/mol. The SMILES string of the molecule is CC(C)CC(N(C)N)C1(c2ccc(Cl)cc2)CCC1. The predicted octanol–water partition coefficient (Wildman–Crippen LogP) is 3.98. The van der Waals surface area contributed by atoms with Crippen LogP contribution in [-0.4, -0.2) is 18.1 Å². The van der Waals surface area contributed by atoms with Crippen LogP contribution in [0.4, 0.5) is 0 Å². The molecule has 0 aromatic heterocycles. The Morgan fingerprint density at radius 3 is 2.21 bits per heavy atom. The number of hydrogen-bond acceptors (Lipinski definition) is 2. The summed E-state index contributed by atoms with van der Waals surface area (Å²) in [5.74, 6) is 6.81. The summed E-state index contributed by atoms with van der Waals surface area (Å²) >= 11 is 6.01. The summed E-state index contributed by atoms with van der Waals surface area (Å²) in [6.45, 7) is 4.54. The van der Waals surface area contributed by atoms with E-state index >= 15 is 0 Å². The molecule has 0 saturated heterocycles. The number of nitrogens with two attached hydrogens (primary N) is 1. The van der Waals surface area contributed by atoms with E-state index in [1.165, 1.54) is 24.8 Å². The highest BCUT2D eigenvalue weighted by molar-refractivity contribution is 6.30. The van der Waals surface area contributed by atoms with Gasteiger partial charge in [-0.3, -0.25) is 5.84 Å². The first-order valence-electron chi connectivity index (χ1n) is 7.19. The lowest BCUT2D eigenvalue weighted by Crippen LogP contribution is -2.56. The summed E-state index contributed by atoms with van der Waals surface area (Å²) < 4.78 is 0. The third kappa shape index (κ3) is 2.96. The Kier molecular flexibility index (Phi) is 4.54. The largest absolute Gasteiger partial charge is 0.269 e. The van der Waals surface area contributed by atoms with Crippen molar-refractivity contribution in [1.29, 1.82) is 0 Å². The zero-order valence-electron chi connectivity index (χ0n) is 12.2. The number of nitrogens with zero attached hydrogens (tertiary/aromatic N) is 1. The number of benzene rings is 1. The van der Waals surface area contributed by atoms with Crippen molar-refractivity contribution in [2.45, 2.75) is 51.0 Å². The van der Waals surface area contributed by atoms with Gasteiger partial charge in [0.2, 0.25) is 0 Å². The highest BCUT2D eigenvalue weighted by Crippen LogP contribution is 2.49. The molecule has 1 unspecified atom stereocenters. The monoisotopic (exact) mass is 280 g/mol. The van der Waals surface area contributed by atoms with Crippen molar-refractivity contribution >= 4 is 11.6 Å². The van der Waals surface area contributed by atoms with Crippen LogP contribution in [0, 0.1) is 5.92 Å². The molecule has 1 fully saturated rings. The van der Waals surface area contributed by atoms with E-state index in [2.05, 4.69) is 26.0 Å². The molecule has 0 radical (unpaired) electrons. The molecular weight excluding hydrogens is 256 g/mol. The van der Waals surface area contributed by atoms with Crippen LogP contribution < -0.4 is 5.84 Å². The van der Waals surface area contributed by atoms with Crippen LogP contribution >= 0.6 is 11.6 Å². The molecule has 1 aromatic carbocycles. The van der Waals surface area contributed by atoms with E-state index in [1.54, 1.807) is 0 Å². The van der Waals surface area contributed by atoms with Crippen LogP contribution in [0.2, 0.25) is 5.02 Å². The van der Waals surface area contributed by atoms with Crippen LogP contribution in [-0.2, 0) is 5.41 Å². The van der Waals surface area contributed by atoms with E-state index in [-0.39, 0.29) is 5.41 Å². The van der Waals surface area contributed by atoms with Crippen molar-refractivity contribution in [3.63, 3.8) is 0 Å². The Balaban J connectivity index is 2.31. The molecule has 1 aliphatic rings. The van der Waals surface area contributed by atoms with E-state index in [0.29, 0.717) is 12.0 Å². The molecule has 106 valence electrons. The Bertz CT molecular complexity index is 407. The fraction of sp³-hybridized carbons (Fsp3) is 0.625. The molecule has 0 aliphatic heterocycles. The Morgan fingerprint density at radius 1 is 1.26 bits per heavy atom. The molecule has 0 bridgehead atoms. The van der Waals surface area contributed by atoms with Gasteiger partial charge in [-0.15, -0.1) is 0 Å². The summed E-state index contributed by atoms with van der Waals surface area (Å²) in [4.78, 5) is 0. The van der Waals surface area contributed by atoms with Crippen molar-refractivity contribution < 1.29 is 0 Å². The highest BCUT2D eigenvalue weighted by Gasteiger charge is 2.46. The minimum atomic E-state index is 0.221. The lowest BCUT2D eigenvalue weighted by atomic mass is 9.58. The van der Waals surface area contributed by atoms with E-state index < -0.39 is 0 Å². The summed E-state index contributed by atoms with van der Waals surface area (Å²) in [5, 5.41) is 2.73. The topological polar surface area (TPSA) is 29.3 Å². The van der Waals surface area contributed by atoms with Crippen LogP contribution in [0.3, 0.4) is 0 Å². The standard InChI is InChI=1S/C16H25ClN2/c1-12(2)11-15(19(3)18)16(9-4-10-16)13-5-7-14(17)8-6-13/h5-8,12,15H,4,9-11,18H2,1-3H3. The number of hydrogen-bond donors (Lipinski definition) is 1. The quantitative estimate of drug-likeness (QED) is 0.653. The second-order valence-electron chi connectivity index (χ2n) is 6.33. The molecule has 1 aromatic rings. The van der Waals surface area contributed by atoms with Gasteiger partial charge in [-0.2, -0.15) is 0 Å². The molecule has 3 heteroatoms. The Labute approximate surface area is 121 Å². The fourth-order valence-corrected chi connectivity index (χ4v) is 3.51. The lowest BCUT2D eigenvalue weighted by molar-refractivity contribution is 0.0646. The molecule has 2 nitrogen and oxygen atoms in total. The van der Waals surface area contributed by atoms with Crippen LogP contribution in [0.15, 0.2) is 24.3 Å². The van der Waals surface area contributed by atoms with E-state index in [4.69, 9.17) is 17.4 Å². The van der Waals surface area contributed by atoms with E-state index in [9.17, 15) is 0 Å². The molecule has 0 amide bonds. The third-order valence-corrected chi connectivity index (χ3v) is 4.74. The zero-order valence-corrected chi connectivity index (χ0v) is 13.0. The van der Waals surface area contributed by atoms with Crippen LogP contribution in [0.1, 0.15) is 45.1 Å². The normalized spacial score (nSPS) is 19.5. The van der Waals surface area contributed by atoms with Gasteiger partial charge in [0.1, 0.15) is 0 Å². The average Bonchev–Trinajstić information content (AvgIpc) is 2.28. The van der Waals surface area contributed by atoms with Crippen molar-refractivity contribution in [2.75, 3.05) is 7.05 Å². The Hall–Kier alpha value is -0.570. The van der Waals surface area contributed by atoms with Gasteiger partial charge < -0.3 is 0 Å². The van der Waals surface area contributed by atoms with Gasteiger partial charge in [0, 0.05) is 23.5 Å². The molecule has 19 heavy (non-hydrogen) atoms. The number of likely N-dealkylation sites (N-methyl/N-ethyl adjacent to an activating group) is 1. The smallest absolute Gasteiger partial charge is 0.0406 e.